The van der Waals surface area contributed by atoms with Crippen LogP contribution in [-0.4, -0.2) is 19.1 Å². The van der Waals surface area contributed by atoms with Crippen LogP contribution < -0.4 is 20.1 Å². The van der Waals surface area contributed by atoms with Crippen LogP contribution in [0.15, 0.2) is 54.6 Å². The first kappa shape index (κ1) is 23.5. The molecule has 0 aliphatic rings. The second kappa shape index (κ2) is 10.9. The quantitative estimate of drug-likeness (QED) is 0.400. The summed E-state index contributed by atoms with van der Waals surface area (Å²) in [4.78, 5) is 12.4. The van der Waals surface area contributed by atoms with E-state index in [0.717, 1.165) is 33.6 Å². The first-order valence-electron chi connectivity index (χ1n) is 10.6. The minimum Gasteiger partial charge on any atom is -0.490 e. The van der Waals surface area contributed by atoms with Gasteiger partial charge < -0.3 is 20.1 Å². The van der Waals surface area contributed by atoms with Crippen LogP contribution in [0.3, 0.4) is 0 Å². The Balaban J connectivity index is 1.64. The van der Waals surface area contributed by atoms with Gasteiger partial charge in [-0.1, -0.05) is 35.9 Å². The molecular weight excluding hydrogens is 424 g/mol. The molecule has 0 atom stereocenters. The molecule has 1 amide bonds. The molecular formula is C26H29ClN2O3. The lowest BCUT2D eigenvalue weighted by atomic mass is 10.1. The van der Waals surface area contributed by atoms with Gasteiger partial charge in [-0.15, -0.1) is 0 Å². The first-order chi connectivity index (χ1) is 15.4. The van der Waals surface area contributed by atoms with Crippen molar-refractivity contribution in [2.24, 2.45) is 0 Å². The van der Waals surface area contributed by atoms with Crippen LogP contribution in [0.1, 0.15) is 29.2 Å². The summed E-state index contributed by atoms with van der Waals surface area (Å²) in [6.07, 6.45) is 0. The SMILES string of the molecule is CCOc1cc(CNc2cc(Cl)ccc2C)ccc1OCC(=O)Nc1cccc(C)c1C. The van der Waals surface area contributed by atoms with Gasteiger partial charge in [0.1, 0.15) is 0 Å². The third kappa shape index (κ3) is 6.17. The predicted octanol–water partition coefficient (Wildman–Crippen LogP) is 6.29. The second-order valence-electron chi connectivity index (χ2n) is 7.61. The highest BCUT2D eigenvalue weighted by Gasteiger charge is 2.11. The molecule has 6 heteroatoms. The fraction of sp³-hybridized carbons (Fsp3) is 0.269. The van der Waals surface area contributed by atoms with E-state index in [9.17, 15) is 4.79 Å². The molecule has 5 nitrogen and oxygen atoms in total. The van der Waals surface area contributed by atoms with Gasteiger partial charge in [0, 0.05) is 22.9 Å². The molecule has 0 bridgehead atoms. The van der Waals surface area contributed by atoms with Crippen LogP contribution >= 0.6 is 11.6 Å². The molecule has 0 aromatic heterocycles. The largest absolute Gasteiger partial charge is 0.490 e. The zero-order chi connectivity index (χ0) is 23.1. The molecule has 0 spiro atoms. The highest BCUT2D eigenvalue weighted by atomic mass is 35.5. The number of ether oxygens (including phenoxy) is 2. The summed E-state index contributed by atoms with van der Waals surface area (Å²) >= 11 is 6.10. The van der Waals surface area contributed by atoms with Crippen molar-refractivity contribution < 1.29 is 14.3 Å². The molecule has 0 radical (unpaired) electrons. The monoisotopic (exact) mass is 452 g/mol. The van der Waals surface area contributed by atoms with Gasteiger partial charge in [0.2, 0.25) is 0 Å². The molecule has 0 aliphatic heterocycles. The minimum atomic E-state index is -0.219. The molecule has 0 saturated heterocycles. The number of amides is 1. The average molecular weight is 453 g/mol. The lowest BCUT2D eigenvalue weighted by molar-refractivity contribution is -0.118. The van der Waals surface area contributed by atoms with Gasteiger partial charge in [0.25, 0.3) is 5.91 Å². The molecule has 0 saturated carbocycles. The van der Waals surface area contributed by atoms with Gasteiger partial charge >= 0.3 is 0 Å². The van der Waals surface area contributed by atoms with E-state index < -0.39 is 0 Å². The van der Waals surface area contributed by atoms with E-state index in [1.54, 1.807) is 0 Å². The lowest BCUT2D eigenvalue weighted by Crippen LogP contribution is -2.21. The Labute approximate surface area is 194 Å². The van der Waals surface area contributed by atoms with Crippen molar-refractivity contribution in [3.8, 4) is 11.5 Å². The van der Waals surface area contributed by atoms with E-state index in [-0.39, 0.29) is 12.5 Å². The number of benzene rings is 3. The Hall–Kier alpha value is -3.18. The molecule has 0 unspecified atom stereocenters. The summed E-state index contributed by atoms with van der Waals surface area (Å²) < 4.78 is 11.5. The number of hydrogen-bond acceptors (Lipinski definition) is 4. The number of carbonyl (C=O) groups excluding carboxylic acids is 1. The maximum atomic E-state index is 12.4. The van der Waals surface area contributed by atoms with E-state index in [0.29, 0.717) is 29.7 Å². The number of rotatable bonds is 9. The van der Waals surface area contributed by atoms with Gasteiger partial charge in [0.05, 0.1) is 6.61 Å². The van der Waals surface area contributed by atoms with Crippen molar-refractivity contribution >= 4 is 28.9 Å². The number of anilines is 2. The van der Waals surface area contributed by atoms with Gasteiger partial charge in [-0.25, -0.2) is 0 Å². The van der Waals surface area contributed by atoms with Crippen molar-refractivity contribution in [1.29, 1.82) is 0 Å². The molecule has 3 aromatic carbocycles. The highest BCUT2D eigenvalue weighted by Crippen LogP contribution is 2.29. The van der Waals surface area contributed by atoms with E-state index in [2.05, 4.69) is 10.6 Å². The van der Waals surface area contributed by atoms with Crippen LogP contribution in [-0.2, 0) is 11.3 Å². The number of carbonyl (C=O) groups is 1. The third-order valence-electron chi connectivity index (χ3n) is 5.23. The van der Waals surface area contributed by atoms with Crippen LogP contribution in [0.4, 0.5) is 11.4 Å². The van der Waals surface area contributed by atoms with E-state index in [1.165, 1.54) is 0 Å². The molecule has 0 aliphatic carbocycles. The highest BCUT2D eigenvalue weighted by molar-refractivity contribution is 6.30. The predicted molar refractivity (Wildman–Crippen MR) is 131 cm³/mol. The van der Waals surface area contributed by atoms with Crippen molar-refractivity contribution in [3.63, 3.8) is 0 Å². The standard InChI is InChI=1S/C26H29ClN2O3/c1-5-31-25-13-20(15-28-23-14-21(27)11-9-18(23)3)10-12-24(25)32-16-26(30)29-22-8-6-7-17(2)19(22)4/h6-14,28H,5,15-16H2,1-4H3,(H,29,30). The summed E-state index contributed by atoms with van der Waals surface area (Å²) in [5, 5.41) is 7.00. The number of aryl methyl sites for hydroxylation is 2. The molecule has 0 heterocycles. The summed E-state index contributed by atoms with van der Waals surface area (Å²) in [6.45, 7) is 8.94. The summed E-state index contributed by atoms with van der Waals surface area (Å²) in [5.74, 6) is 0.920. The maximum Gasteiger partial charge on any atom is 0.262 e. The van der Waals surface area contributed by atoms with Crippen molar-refractivity contribution in [2.75, 3.05) is 23.8 Å². The maximum absolute atomic E-state index is 12.4. The van der Waals surface area contributed by atoms with Crippen molar-refractivity contribution in [2.45, 2.75) is 34.2 Å². The number of halogens is 1. The summed E-state index contributed by atoms with van der Waals surface area (Å²) in [5.41, 5.74) is 6.09. The van der Waals surface area contributed by atoms with Gasteiger partial charge in [-0.05, 0) is 80.3 Å². The minimum absolute atomic E-state index is 0.104. The molecule has 32 heavy (non-hydrogen) atoms. The smallest absolute Gasteiger partial charge is 0.262 e. The average Bonchev–Trinajstić information content (AvgIpc) is 2.77. The lowest BCUT2D eigenvalue weighted by Gasteiger charge is -2.15. The molecule has 2 N–H and O–H groups in total. The first-order valence-corrected chi connectivity index (χ1v) is 11.0. The van der Waals surface area contributed by atoms with Crippen molar-refractivity contribution in [3.05, 3.63) is 81.9 Å². The fourth-order valence-corrected chi connectivity index (χ4v) is 3.42. The third-order valence-corrected chi connectivity index (χ3v) is 5.46. The Bertz CT molecular complexity index is 1100. The Morgan fingerprint density at radius 2 is 1.72 bits per heavy atom. The van der Waals surface area contributed by atoms with Crippen LogP contribution in [0.2, 0.25) is 5.02 Å². The molecule has 0 fully saturated rings. The van der Waals surface area contributed by atoms with E-state index in [4.69, 9.17) is 21.1 Å². The Morgan fingerprint density at radius 1 is 0.906 bits per heavy atom. The van der Waals surface area contributed by atoms with Crippen LogP contribution in [0.5, 0.6) is 11.5 Å². The zero-order valence-electron chi connectivity index (χ0n) is 18.9. The zero-order valence-corrected chi connectivity index (χ0v) is 19.7. The van der Waals surface area contributed by atoms with Crippen LogP contribution in [0, 0.1) is 20.8 Å². The van der Waals surface area contributed by atoms with Gasteiger partial charge in [-0.2, -0.15) is 0 Å². The molecule has 168 valence electrons. The van der Waals surface area contributed by atoms with E-state index >= 15 is 0 Å². The molecule has 3 aromatic rings. The normalized spacial score (nSPS) is 10.5. The second-order valence-corrected chi connectivity index (χ2v) is 8.05. The Morgan fingerprint density at radius 3 is 2.50 bits per heavy atom. The summed E-state index contributed by atoms with van der Waals surface area (Å²) in [7, 11) is 0. The van der Waals surface area contributed by atoms with Crippen LogP contribution in [0.25, 0.3) is 0 Å². The van der Waals surface area contributed by atoms with Crippen molar-refractivity contribution in [1.82, 2.24) is 0 Å². The Kier molecular flexibility index (Phi) is 8.01. The number of hydrogen-bond donors (Lipinski definition) is 2. The van der Waals surface area contributed by atoms with Gasteiger partial charge in [0.15, 0.2) is 18.1 Å². The number of nitrogens with one attached hydrogen (secondary N) is 2. The topological polar surface area (TPSA) is 59.6 Å². The molecule has 3 rings (SSSR count). The van der Waals surface area contributed by atoms with E-state index in [1.807, 2.05) is 82.3 Å². The summed E-state index contributed by atoms with van der Waals surface area (Å²) in [6, 6.07) is 17.3. The fourth-order valence-electron chi connectivity index (χ4n) is 3.25. The van der Waals surface area contributed by atoms with Gasteiger partial charge in [-0.3, -0.25) is 4.79 Å².